The number of hydrogen-bond acceptors (Lipinski definition) is 7. The number of benzene rings is 1. The maximum absolute atomic E-state index is 14.9. The minimum absolute atomic E-state index is 0.0406. The van der Waals surface area contributed by atoms with E-state index in [0.717, 1.165) is 19.3 Å². The molecule has 1 aromatic carbocycles. The van der Waals surface area contributed by atoms with Crippen LogP contribution in [-0.4, -0.2) is 56.0 Å². The molecule has 0 spiro atoms. The number of aromatic nitrogens is 4. The Balaban J connectivity index is 1.35. The summed E-state index contributed by atoms with van der Waals surface area (Å²) in [5, 5.41) is 22.8. The average Bonchev–Trinajstić information content (AvgIpc) is 3.43. The van der Waals surface area contributed by atoms with Gasteiger partial charge in [-0.15, -0.1) is 0 Å². The fourth-order valence-electron chi connectivity index (χ4n) is 4.58. The summed E-state index contributed by atoms with van der Waals surface area (Å²) < 4.78 is 16.5. The molecule has 4 atom stereocenters. The largest absolute Gasteiger partial charge is 0.507 e. The SMILES string of the molecule is CN(c1cnc(-c2ccc(-n3cnc(C#N)c3)cc2O)cn1)[C@@H]1CC2CCC(N2)[C@@H]1F. The number of nitrogens with zero attached hydrogens (tertiary/aromatic N) is 6. The van der Waals surface area contributed by atoms with E-state index in [1.165, 1.54) is 6.33 Å². The number of nitriles is 1. The number of fused-ring (bicyclic) bond motifs is 2. The molecular weight excluding hydrogens is 397 g/mol. The highest BCUT2D eigenvalue weighted by Gasteiger charge is 2.43. The number of phenolic OH excluding ortho intramolecular Hbond substituents is 1. The number of hydrogen-bond donors (Lipinski definition) is 2. The molecule has 158 valence electrons. The summed E-state index contributed by atoms with van der Waals surface area (Å²) in [6.07, 6.45) is 8.03. The molecule has 2 aliphatic rings. The van der Waals surface area contributed by atoms with E-state index in [2.05, 4.69) is 20.3 Å². The van der Waals surface area contributed by atoms with Crippen molar-refractivity contribution in [3.05, 3.63) is 48.8 Å². The zero-order chi connectivity index (χ0) is 21.5. The van der Waals surface area contributed by atoms with Gasteiger partial charge in [-0.1, -0.05) is 0 Å². The van der Waals surface area contributed by atoms with E-state index < -0.39 is 6.17 Å². The number of piperidine rings is 1. The summed E-state index contributed by atoms with van der Waals surface area (Å²) in [6.45, 7) is 0. The Labute approximate surface area is 179 Å². The van der Waals surface area contributed by atoms with Crippen LogP contribution in [0.1, 0.15) is 25.0 Å². The maximum Gasteiger partial charge on any atom is 0.158 e. The van der Waals surface area contributed by atoms with Crippen molar-refractivity contribution < 1.29 is 9.50 Å². The van der Waals surface area contributed by atoms with Crippen molar-refractivity contribution >= 4 is 5.82 Å². The number of anilines is 1. The van der Waals surface area contributed by atoms with Crippen LogP contribution in [0, 0.1) is 11.3 Å². The topological polar surface area (TPSA) is 103 Å². The highest BCUT2D eigenvalue weighted by Crippen LogP contribution is 2.34. The van der Waals surface area contributed by atoms with E-state index >= 15 is 0 Å². The lowest BCUT2D eigenvalue weighted by atomic mass is 9.96. The Morgan fingerprint density at radius 1 is 1.26 bits per heavy atom. The van der Waals surface area contributed by atoms with Crippen molar-refractivity contribution in [2.24, 2.45) is 0 Å². The predicted molar refractivity (Wildman–Crippen MR) is 113 cm³/mol. The van der Waals surface area contributed by atoms with E-state index in [1.807, 2.05) is 18.0 Å². The number of aromatic hydroxyl groups is 1. The molecule has 4 heterocycles. The van der Waals surface area contributed by atoms with Crippen LogP contribution in [-0.2, 0) is 0 Å². The summed E-state index contributed by atoms with van der Waals surface area (Å²) >= 11 is 0. The zero-order valence-electron chi connectivity index (χ0n) is 17.0. The van der Waals surface area contributed by atoms with E-state index in [4.69, 9.17) is 5.26 Å². The molecule has 9 heteroatoms. The third kappa shape index (κ3) is 3.49. The second-order valence-electron chi connectivity index (χ2n) is 8.15. The third-order valence-electron chi connectivity index (χ3n) is 6.30. The van der Waals surface area contributed by atoms with E-state index in [-0.39, 0.29) is 17.8 Å². The average molecular weight is 419 g/mol. The number of rotatable bonds is 4. The van der Waals surface area contributed by atoms with Gasteiger partial charge in [-0.2, -0.15) is 5.26 Å². The van der Waals surface area contributed by atoms with Gasteiger partial charge in [-0.25, -0.2) is 14.4 Å². The van der Waals surface area contributed by atoms with Crippen LogP contribution in [0.4, 0.5) is 10.2 Å². The molecule has 3 aromatic rings. The van der Waals surface area contributed by atoms with Gasteiger partial charge in [0.25, 0.3) is 0 Å². The summed E-state index contributed by atoms with van der Waals surface area (Å²) in [4.78, 5) is 14.8. The van der Waals surface area contributed by atoms with Crippen LogP contribution >= 0.6 is 0 Å². The van der Waals surface area contributed by atoms with Crippen molar-refractivity contribution in [2.45, 2.75) is 43.6 Å². The molecule has 0 saturated carbocycles. The normalized spacial score (nSPS) is 24.7. The number of imidazole rings is 1. The van der Waals surface area contributed by atoms with Crippen molar-refractivity contribution in [3.63, 3.8) is 0 Å². The molecule has 2 aromatic heterocycles. The minimum atomic E-state index is -0.938. The Bertz CT molecular complexity index is 1140. The fourth-order valence-corrected chi connectivity index (χ4v) is 4.58. The molecule has 0 aliphatic carbocycles. The maximum atomic E-state index is 14.9. The Hall–Kier alpha value is -3.51. The molecule has 2 aliphatic heterocycles. The van der Waals surface area contributed by atoms with Crippen LogP contribution < -0.4 is 10.2 Å². The van der Waals surface area contributed by atoms with Gasteiger partial charge >= 0.3 is 0 Å². The molecule has 0 radical (unpaired) electrons. The molecule has 0 amide bonds. The van der Waals surface area contributed by atoms with E-state index in [0.29, 0.717) is 34.5 Å². The first-order valence-electron chi connectivity index (χ1n) is 10.3. The third-order valence-corrected chi connectivity index (χ3v) is 6.30. The van der Waals surface area contributed by atoms with Crippen molar-refractivity contribution in [3.8, 4) is 28.8 Å². The zero-order valence-corrected chi connectivity index (χ0v) is 17.0. The molecule has 31 heavy (non-hydrogen) atoms. The Kier molecular flexibility index (Phi) is 4.79. The van der Waals surface area contributed by atoms with E-state index in [9.17, 15) is 9.50 Å². The van der Waals surface area contributed by atoms with Gasteiger partial charge < -0.3 is 19.9 Å². The van der Waals surface area contributed by atoms with Gasteiger partial charge in [0.15, 0.2) is 5.69 Å². The summed E-state index contributed by atoms with van der Waals surface area (Å²) in [5.41, 5.74) is 2.03. The first-order valence-corrected chi connectivity index (χ1v) is 10.3. The van der Waals surface area contributed by atoms with Crippen molar-refractivity contribution in [1.82, 2.24) is 24.8 Å². The lowest BCUT2D eigenvalue weighted by Gasteiger charge is -2.38. The fraction of sp³-hybridized carbons (Fsp3) is 0.364. The number of phenols is 1. The monoisotopic (exact) mass is 419 g/mol. The van der Waals surface area contributed by atoms with E-state index in [1.54, 1.807) is 41.4 Å². The first kappa shape index (κ1) is 19.5. The van der Waals surface area contributed by atoms with Crippen molar-refractivity contribution in [1.29, 1.82) is 5.26 Å². The summed E-state index contributed by atoms with van der Waals surface area (Å²) in [5.74, 6) is 0.648. The smallest absolute Gasteiger partial charge is 0.158 e. The predicted octanol–water partition coefficient (Wildman–Crippen LogP) is 2.57. The van der Waals surface area contributed by atoms with Crippen LogP contribution in [0.5, 0.6) is 5.75 Å². The van der Waals surface area contributed by atoms with Gasteiger partial charge in [0.2, 0.25) is 0 Å². The molecular formula is C22H22FN7O. The molecule has 2 saturated heterocycles. The molecule has 8 nitrogen and oxygen atoms in total. The van der Waals surface area contributed by atoms with Gasteiger partial charge in [0, 0.05) is 37.0 Å². The second kappa shape index (κ2) is 7.63. The van der Waals surface area contributed by atoms with Gasteiger partial charge in [-0.05, 0) is 31.4 Å². The highest BCUT2D eigenvalue weighted by molar-refractivity contribution is 5.68. The van der Waals surface area contributed by atoms with Crippen LogP contribution in [0.25, 0.3) is 16.9 Å². The van der Waals surface area contributed by atoms with Crippen LogP contribution in [0.2, 0.25) is 0 Å². The number of halogens is 1. The first-order chi connectivity index (χ1) is 15.0. The Morgan fingerprint density at radius 2 is 2.13 bits per heavy atom. The van der Waals surface area contributed by atoms with Gasteiger partial charge in [0.05, 0.1) is 29.8 Å². The quantitative estimate of drug-likeness (QED) is 0.670. The summed E-state index contributed by atoms with van der Waals surface area (Å²) in [6, 6.07) is 7.17. The van der Waals surface area contributed by atoms with Gasteiger partial charge in [-0.3, -0.25) is 4.98 Å². The highest BCUT2D eigenvalue weighted by atomic mass is 19.1. The minimum Gasteiger partial charge on any atom is -0.507 e. The van der Waals surface area contributed by atoms with Crippen molar-refractivity contribution in [2.75, 3.05) is 11.9 Å². The van der Waals surface area contributed by atoms with Gasteiger partial charge in [0.1, 0.15) is 30.1 Å². The van der Waals surface area contributed by atoms with Crippen LogP contribution in [0.3, 0.4) is 0 Å². The lowest BCUT2D eigenvalue weighted by Crippen LogP contribution is -2.55. The number of alkyl halides is 1. The molecule has 2 bridgehead atoms. The number of nitrogens with one attached hydrogen (secondary N) is 1. The standard InChI is InChI=1S/C22H22FN7O/c1-29(19-6-13-2-5-17(28-13)22(19)23)21-10-25-18(9-26-21)16-4-3-15(7-20(16)31)30-11-14(8-24)27-12-30/h3-4,7,9-13,17,19,22,28,31H,2,5-6H2,1H3/t13?,17?,19-,22+/m1/s1. The Morgan fingerprint density at radius 3 is 2.84 bits per heavy atom. The molecule has 5 rings (SSSR count). The molecule has 2 fully saturated rings. The summed E-state index contributed by atoms with van der Waals surface area (Å²) in [7, 11) is 1.86. The second-order valence-corrected chi connectivity index (χ2v) is 8.15. The lowest BCUT2D eigenvalue weighted by molar-refractivity contribution is 0.176. The van der Waals surface area contributed by atoms with Crippen LogP contribution in [0.15, 0.2) is 43.1 Å². The molecule has 2 unspecified atom stereocenters. The molecule has 2 N–H and O–H groups in total.